The molecule has 2 aromatic rings. The van der Waals surface area contributed by atoms with Crippen molar-refractivity contribution in [1.29, 1.82) is 0 Å². The van der Waals surface area contributed by atoms with Crippen LogP contribution >= 0.6 is 11.3 Å². The van der Waals surface area contributed by atoms with Crippen molar-refractivity contribution in [3.8, 4) is 0 Å². The zero-order valence-corrected chi connectivity index (χ0v) is 12.9. The van der Waals surface area contributed by atoms with Crippen LogP contribution in [0.2, 0.25) is 0 Å². The zero-order chi connectivity index (χ0) is 15.5. The summed E-state index contributed by atoms with van der Waals surface area (Å²) in [5, 5.41) is 5.37. The number of carbonyl (C=O) groups is 2. The van der Waals surface area contributed by atoms with Gasteiger partial charge in [0.05, 0.1) is 23.5 Å². The smallest absolute Gasteiger partial charge is 0.338 e. The molecule has 114 valence electrons. The van der Waals surface area contributed by atoms with E-state index in [1.807, 2.05) is 23.3 Å². The Bertz CT molecular complexity index is 700. The summed E-state index contributed by atoms with van der Waals surface area (Å²) in [7, 11) is 0. The lowest BCUT2D eigenvalue weighted by atomic mass is 10.1. The van der Waals surface area contributed by atoms with Crippen LogP contribution in [-0.4, -0.2) is 29.9 Å². The predicted octanol–water partition coefficient (Wildman–Crippen LogP) is 2.28. The minimum absolute atomic E-state index is 0.0809. The third kappa shape index (κ3) is 2.94. The highest BCUT2D eigenvalue weighted by Crippen LogP contribution is 2.30. The van der Waals surface area contributed by atoms with Crippen LogP contribution in [0.3, 0.4) is 0 Å². The van der Waals surface area contributed by atoms with Crippen molar-refractivity contribution in [3.63, 3.8) is 0 Å². The number of fused-ring (bicyclic) bond motifs is 1. The Labute approximate surface area is 131 Å². The topological polar surface area (TPSA) is 71.5 Å². The Kier molecular flexibility index (Phi) is 4.06. The molecule has 0 aliphatic carbocycles. The molecule has 1 aromatic heterocycles. The van der Waals surface area contributed by atoms with Crippen molar-refractivity contribution >= 4 is 34.6 Å². The first-order chi connectivity index (χ1) is 10.7. The van der Waals surface area contributed by atoms with E-state index >= 15 is 0 Å². The lowest BCUT2D eigenvalue weighted by Gasteiger charge is -2.30. The number of aromatic nitrogens is 1. The van der Waals surface area contributed by atoms with Gasteiger partial charge in [-0.2, -0.15) is 0 Å². The fraction of sp³-hybridized carbons (Fsp3) is 0.267. The lowest BCUT2D eigenvalue weighted by Crippen LogP contribution is -2.38. The number of rotatable bonds is 4. The van der Waals surface area contributed by atoms with Gasteiger partial charge in [-0.3, -0.25) is 4.79 Å². The first-order valence-corrected chi connectivity index (χ1v) is 7.79. The summed E-state index contributed by atoms with van der Waals surface area (Å²) >= 11 is 1.43. The molecule has 0 fully saturated rings. The number of nitrogens with one attached hydrogen (secondary N) is 1. The summed E-state index contributed by atoms with van der Waals surface area (Å²) in [6.07, 6.45) is 1.67. The molecule has 0 spiro atoms. The molecule has 1 aromatic carbocycles. The minimum Gasteiger partial charge on any atom is -0.455 e. The molecule has 0 bridgehead atoms. The molecule has 0 radical (unpaired) electrons. The second-order valence-electron chi connectivity index (χ2n) is 4.80. The normalized spacial score (nSPS) is 13.5. The van der Waals surface area contributed by atoms with Gasteiger partial charge in [-0.1, -0.05) is 0 Å². The lowest BCUT2D eigenvalue weighted by molar-refractivity contribution is -0.115. The highest BCUT2D eigenvalue weighted by molar-refractivity contribution is 7.09. The number of ether oxygens (including phenoxy) is 1. The maximum Gasteiger partial charge on any atom is 0.338 e. The monoisotopic (exact) mass is 317 g/mol. The van der Waals surface area contributed by atoms with E-state index in [0.29, 0.717) is 17.8 Å². The van der Waals surface area contributed by atoms with Gasteiger partial charge < -0.3 is 15.0 Å². The number of esters is 1. The number of carbonyl (C=O) groups excluding carboxylic acids is 2. The summed E-state index contributed by atoms with van der Waals surface area (Å²) in [6.45, 7) is 3.20. The van der Waals surface area contributed by atoms with Gasteiger partial charge >= 0.3 is 5.97 Å². The van der Waals surface area contributed by atoms with E-state index in [1.54, 1.807) is 18.3 Å². The van der Waals surface area contributed by atoms with Crippen LogP contribution in [0.25, 0.3) is 0 Å². The Balaban J connectivity index is 1.76. The van der Waals surface area contributed by atoms with Gasteiger partial charge in [0.15, 0.2) is 0 Å². The van der Waals surface area contributed by atoms with Gasteiger partial charge in [-0.15, -0.1) is 11.3 Å². The molecule has 6 nitrogen and oxygen atoms in total. The van der Waals surface area contributed by atoms with Crippen LogP contribution in [0.4, 0.5) is 11.4 Å². The van der Waals surface area contributed by atoms with E-state index in [9.17, 15) is 9.59 Å². The SMILES string of the molecule is CCN1CC(=O)Nc2cc(C(=O)OCc3nccs3)ccc21. The Morgan fingerprint density at radius 3 is 3.09 bits per heavy atom. The quantitative estimate of drug-likeness (QED) is 0.876. The van der Waals surface area contributed by atoms with Crippen molar-refractivity contribution in [2.75, 3.05) is 23.3 Å². The number of hydrogen-bond acceptors (Lipinski definition) is 6. The van der Waals surface area contributed by atoms with Crippen molar-refractivity contribution in [3.05, 3.63) is 40.3 Å². The van der Waals surface area contributed by atoms with Gasteiger partial charge in [-0.05, 0) is 25.1 Å². The molecule has 1 aliphatic heterocycles. The van der Waals surface area contributed by atoms with Gasteiger partial charge in [0.2, 0.25) is 5.91 Å². The standard InChI is InChI=1S/C15H15N3O3S/c1-2-18-8-13(19)17-11-7-10(3-4-12(11)18)15(20)21-9-14-16-5-6-22-14/h3-7H,2,8-9H2,1H3,(H,17,19). The molecule has 1 aliphatic rings. The Morgan fingerprint density at radius 1 is 1.50 bits per heavy atom. The number of nitrogens with zero attached hydrogens (tertiary/aromatic N) is 2. The number of thiazole rings is 1. The maximum absolute atomic E-state index is 12.1. The number of anilines is 2. The fourth-order valence-corrected chi connectivity index (χ4v) is 2.83. The summed E-state index contributed by atoms with van der Waals surface area (Å²) in [5.41, 5.74) is 1.97. The van der Waals surface area contributed by atoms with Gasteiger partial charge in [0, 0.05) is 18.1 Å². The van der Waals surface area contributed by atoms with Crippen LogP contribution in [0.15, 0.2) is 29.8 Å². The summed E-state index contributed by atoms with van der Waals surface area (Å²) < 4.78 is 5.23. The van der Waals surface area contributed by atoms with Gasteiger partial charge in [0.25, 0.3) is 0 Å². The third-order valence-electron chi connectivity index (χ3n) is 3.37. The molecule has 2 heterocycles. The molecule has 0 unspecified atom stereocenters. The molecule has 7 heteroatoms. The van der Waals surface area contributed by atoms with E-state index in [1.165, 1.54) is 11.3 Å². The van der Waals surface area contributed by atoms with E-state index in [2.05, 4.69) is 10.3 Å². The van der Waals surface area contributed by atoms with E-state index in [4.69, 9.17) is 4.74 Å². The molecule has 0 atom stereocenters. The molecule has 0 saturated carbocycles. The molecule has 22 heavy (non-hydrogen) atoms. The van der Waals surface area contributed by atoms with Crippen LogP contribution in [-0.2, 0) is 16.1 Å². The van der Waals surface area contributed by atoms with Crippen molar-refractivity contribution < 1.29 is 14.3 Å². The summed E-state index contributed by atoms with van der Waals surface area (Å²) in [5.74, 6) is -0.511. The number of likely N-dealkylation sites (N-methyl/N-ethyl adjacent to an activating group) is 1. The van der Waals surface area contributed by atoms with Gasteiger partial charge in [0.1, 0.15) is 11.6 Å². The predicted molar refractivity (Wildman–Crippen MR) is 84.2 cm³/mol. The zero-order valence-electron chi connectivity index (χ0n) is 12.0. The van der Waals surface area contributed by atoms with Crippen LogP contribution in [0.5, 0.6) is 0 Å². The van der Waals surface area contributed by atoms with Crippen molar-refractivity contribution in [2.45, 2.75) is 13.5 Å². The highest BCUT2D eigenvalue weighted by atomic mass is 32.1. The first kappa shape index (κ1) is 14.5. The second kappa shape index (κ2) is 6.15. The fourth-order valence-electron chi connectivity index (χ4n) is 2.30. The van der Waals surface area contributed by atoms with Crippen LogP contribution in [0, 0.1) is 0 Å². The number of hydrogen-bond donors (Lipinski definition) is 1. The average Bonchev–Trinajstić information content (AvgIpc) is 3.04. The Morgan fingerprint density at radius 2 is 2.36 bits per heavy atom. The number of amides is 1. The number of benzene rings is 1. The average molecular weight is 317 g/mol. The maximum atomic E-state index is 12.1. The molecule has 0 saturated heterocycles. The van der Waals surface area contributed by atoms with Crippen LogP contribution in [0.1, 0.15) is 22.3 Å². The molecular weight excluding hydrogens is 302 g/mol. The van der Waals surface area contributed by atoms with E-state index in [0.717, 1.165) is 17.2 Å². The van der Waals surface area contributed by atoms with E-state index < -0.39 is 5.97 Å². The van der Waals surface area contributed by atoms with Gasteiger partial charge in [-0.25, -0.2) is 9.78 Å². The van der Waals surface area contributed by atoms with E-state index in [-0.39, 0.29) is 12.5 Å². The Hall–Kier alpha value is -2.41. The minimum atomic E-state index is -0.430. The summed E-state index contributed by atoms with van der Waals surface area (Å²) in [4.78, 5) is 29.8. The molecule has 1 amide bonds. The molecule has 3 rings (SSSR count). The van der Waals surface area contributed by atoms with Crippen LogP contribution < -0.4 is 10.2 Å². The third-order valence-corrected chi connectivity index (χ3v) is 4.13. The molecule has 1 N–H and O–H groups in total. The molecular formula is C15H15N3O3S. The van der Waals surface area contributed by atoms with Crippen molar-refractivity contribution in [2.24, 2.45) is 0 Å². The van der Waals surface area contributed by atoms with Crippen molar-refractivity contribution in [1.82, 2.24) is 4.98 Å². The largest absolute Gasteiger partial charge is 0.455 e. The highest BCUT2D eigenvalue weighted by Gasteiger charge is 2.22. The first-order valence-electron chi connectivity index (χ1n) is 6.91. The second-order valence-corrected chi connectivity index (χ2v) is 5.78. The summed E-state index contributed by atoms with van der Waals surface area (Å²) in [6, 6.07) is 5.20.